The van der Waals surface area contributed by atoms with E-state index in [2.05, 4.69) is 5.32 Å². The highest BCUT2D eigenvalue weighted by Crippen LogP contribution is 2.32. The molecule has 1 amide bonds. The predicted octanol–water partition coefficient (Wildman–Crippen LogP) is 2.65. The maximum atomic E-state index is 12.9. The Kier molecular flexibility index (Phi) is 5.91. The number of fused-ring (bicyclic) bond motifs is 1. The third-order valence-corrected chi connectivity index (χ3v) is 5.45. The summed E-state index contributed by atoms with van der Waals surface area (Å²) in [6.45, 7) is 0.998. The topological polar surface area (TPSA) is 86.7 Å². The number of carboxylic acid groups (broad SMARTS) is 1. The molecule has 0 aromatic heterocycles. The van der Waals surface area contributed by atoms with Crippen LogP contribution in [0.3, 0.4) is 0 Å². The van der Waals surface area contributed by atoms with Crippen molar-refractivity contribution in [3.63, 3.8) is 0 Å². The summed E-state index contributed by atoms with van der Waals surface area (Å²) in [5, 5.41) is 12.2. The van der Waals surface area contributed by atoms with E-state index in [-0.39, 0.29) is 13.0 Å². The first-order valence-corrected chi connectivity index (χ1v) is 9.44. The predicted molar refractivity (Wildman–Crippen MR) is 98.1 cm³/mol. The average Bonchev–Trinajstić information content (AvgIpc) is 3.08. The molecule has 1 aromatic carbocycles. The number of anilines is 1. The molecular formula is C20H26N2O4. The normalized spacial score (nSPS) is 19.5. The highest BCUT2D eigenvalue weighted by Gasteiger charge is 2.35. The molecular weight excluding hydrogens is 332 g/mol. The van der Waals surface area contributed by atoms with Crippen molar-refractivity contribution in [2.75, 3.05) is 25.0 Å². The van der Waals surface area contributed by atoms with Crippen LogP contribution in [0.25, 0.3) is 0 Å². The molecule has 140 valence electrons. The van der Waals surface area contributed by atoms with Gasteiger partial charge in [-0.05, 0) is 30.4 Å². The van der Waals surface area contributed by atoms with Crippen molar-refractivity contribution in [1.82, 2.24) is 4.90 Å². The second-order valence-electron chi connectivity index (χ2n) is 7.28. The molecule has 0 bridgehead atoms. The van der Waals surface area contributed by atoms with Gasteiger partial charge in [-0.2, -0.15) is 0 Å². The Hall–Kier alpha value is -2.37. The zero-order valence-electron chi connectivity index (χ0n) is 14.9. The van der Waals surface area contributed by atoms with Gasteiger partial charge in [0.05, 0.1) is 12.3 Å². The number of benzene rings is 1. The van der Waals surface area contributed by atoms with Crippen LogP contribution in [-0.4, -0.2) is 47.3 Å². The molecule has 1 aliphatic heterocycles. The maximum Gasteiger partial charge on any atom is 0.305 e. The second kappa shape index (κ2) is 8.34. The summed E-state index contributed by atoms with van der Waals surface area (Å²) < 4.78 is 0. The summed E-state index contributed by atoms with van der Waals surface area (Å²) >= 11 is 0. The molecule has 2 aliphatic rings. The van der Waals surface area contributed by atoms with Gasteiger partial charge in [-0.15, -0.1) is 0 Å². The Balaban J connectivity index is 1.71. The Morgan fingerprint density at radius 3 is 2.58 bits per heavy atom. The zero-order valence-corrected chi connectivity index (χ0v) is 14.9. The van der Waals surface area contributed by atoms with Gasteiger partial charge in [0.25, 0.3) is 5.91 Å². The molecule has 1 aliphatic carbocycles. The molecule has 1 aromatic rings. The number of carbonyl (C=O) groups excluding carboxylic acids is 2. The molecule has 1 atom stereocenters. The van der Waals surface area contributed by atoms with Crippen molar-refractivity contribution in [3.05, 3.63) is 29.8 Å². The Morgan fingerprint density at radius 2 is 1.85 bits per heavy atom. The van der Waals surface area contributed by atoms with Crippen LogP contribution in [-0.2, 0) is 14.4 Å². The summed E-state index contributed by atoms with van der Waals surface area (Å²) in [6, 6.07) is 7.52. The number of carbonyl (C=O) groups is 3. The van der Waals surface area contributed by atoms with E-state index in [4.69, 9.17) is 5.11 Å². The fourth-order valence-electron chi connectivity index (χ4n) is 4.01. The van der Waals surface area contributed by atoms with Gasteiger partial charge in [0.2, 0.25) is 5.78 Å². The van der Waals surface area contributed by atoms with Gasteiger partial charge < -0.3 is 15.3 Å². The first kappa shape index (κ1) is 18.4. The van der Waals surface area contributed by atoms with Gasteiger partial charge in [0.1, 0.15) is 0 Å². The number of para-hydroxylation sites is 1. The van der Waals surface area contributed by atoms with Crippen molar-refractivity contribution in [2.45, 2.75) is 44.4 Å². The van der Waals surface area contributed by atoms with Crippen molar-refractivity contribution < 1.29 is 19.5 Å². The number of aliphatic carboxylic acids is 1. The van der Waals surface area contributed by atoms with E-state index in [0.29, 0.717) is 19.0 Å². The molecule has 1 unspecified atom stereocenters. The summed E-state index contributed by atoms with van der Waals surface area (Å²) in [4.78, 5) is 38.2. The van der Waals surface area contributed by atoms with Gasteiger partial charge in [-0.1, -0.05) is 37.5 Å². The number of Topliss-reactive ketones (excluding diaryl/α,β-unsaturated/α-hetero) is 1. The fraction of sp³-hybridized carbons (Fsp3) is 0.550. The van der Waals surface area contributed by atoms with Crippen molar-refractivity contribution >= 4 is 23.3 Å². The molecule has 0 saturated heterocycles. The lowest BCUT2D eigenvalue weighted by Crippen LogP contribution is -2.43. The Labute approximate surface area is 153 Å². The third kappa shape index (κ3) is 4.23. The van der Waals surface area contributed by atoms with E-state index < -0.39 is 23.6 Å². The van der Waals surface area contributed by atoms with E-state index in [9.17, 15) is 14.4 Å². The van der Waals surface area contributed by atoms with Crippen molar-refractivity contribution in [3.8, 4) is 0 Å². The standard InChI is InChI=1S/C20H26N2O4/c23-18(24)10-11-22(13-14-6-2-1-3-7-14)20(26)19(25)16-12-21-17-9-5-4-8-15(16)17/h4-5,8-9,14,16,21H,1-3,6-7,10-13H2,(H,23,24). The number of nitrogens with one attached hydrogen (secondary N) is 1. The number of ketones is 1. The summed E-state index contributed by atoms with van der Waals surface area (Å²) in [5.41, 5.74) is 1.74. The van der Waals surface area contributed by atoms with Crippen LogP contribution in [0.2, 0.25) is 0 Å². The van der Waals surface area contributed by atoms with E-state index >= 15 is 0 Å². The summed E-state index contributed by atoms with van der Waals surface area (Å²) in [5.74, 6) is -2.06. The van der Waals surface area contributed by atoms with Crippen LogP contribution in [0.15, 0.2) is 24.3 Å². The van der Waals surface area contributed by atoms with Crippen LogP contribution in [0.5, 0.6) is 0 Å². The zero-order chi connectivity index (χ0) is 18.5. The summed E-state index contributed by atoms with van der Waals surface area (Å²) in [7, 11) is 0. The average molecular weight is 358 g/mol. The van der Waals surface area contributed by atoms with Gasteiger partial charge in [-0.3, -0.25) is 14.4 Å². The van der Waals surface area contributed by atoms with Gasteiger partial charge in [0.15, 0.2) is 0 Å². The maximum absolute atomic E-state index is 12.9. The number of hydrogen-bond donors (Lipinski definition) is 2. The lowest BCUT2D eigenvalue weighted by molar-refractivity contribution is -0.147. The number of nitrogens with zero attached hydrogens (tertiary/aromatic N) is 1. The minimum Gasteiger partial charge on any atom is -0.481 e. The lowest BCUT2D eigenvalue weighted by Gasteiger charge is -2.29. The Morgan fingerprint density at radius 1 is 1.12 bits per heavy atom. The molecule has 1 saturated carbocycles. The fourth-order valence-corrected chi connectivity index (χ4v) is 4.01. The third-order valence-electron chi connectivity index (χ3n) is 5.45. The molecule has 0 spiro atoms. The van der Waals surface area contributed by atoms with Gasteiger partial charge >= 0.3 is 5.97 Å². The quantitative estimate of drug-likeness (QED) is 0.732. The number of rotatable bonds is 7. The monoisotopic (exact) mass is 358 g/mol. The minimum atomic E-state index is -0.952. The second-order valence-corrected chi connectivity index (χ2v) is 7.28. The van der Waals surface area contributed by atoms with Crippen LogP contribution < -0.4 is 5.32 Å². The lowest BCUT2D eigenvalue weighted by atomic mass is 9.88. The number of amides is 1. The van der Waals surface area contributed by atoms with Crippen molar-refractivity contribution in [2.24, 2.45) is 5.92 Å². The van der Waals surface area contributed by atoms with Gasteiger partial charge in [-0.25, -0.2) is 0 Å². The largest absolute Gasteiger partial charge is 0.481 e. The SMILES string of the molecule is O=C(O)CCN(CC1CCCCC1)C(=O)C(=O)C1CNc2ccccc21. The molecule has 6 nitrogen and oxygen atoms in total. The molecule has 1 heterocycles. The van der Waals surface area contributed by atoms with Crippen LogP contribution in [0.1, 0.15) is 50.0 Å². The van der Waals surface area contributed by atoms with Crippen LogP contribution >= 0.6 is 0 Å². The van der Waals surface area contributed by atoms with E-state index in [1.54, 1.807) is 0 Å². The molecule has 26 heavy (non-hydrogen) atoms. The van der Waals surface area contributed by atoms with Crippen molar-refractivity contribution in [1.29, 1.82) is 0 Å². The summed E-state index contributed by atoms with van der Waals surface area (Å²) in [6.07, 6.45) is 5.44. The van der Waals surface area contributed by atoms with Crippen LogP contribution in [0.4, 0.5) is 5.69 Å². The highest BCUT2D eigenvalue weighted by atomic mass is 16.4. The number of hydrogen-bond acceptors (Lipinski definition) is 4. The first-order valence-electron chi connectivity index (χ1n) is 9.44. The molecule has 3 rings (SSSR count). The highest BCUT2D eigenvalue weighted by molar-refractivity contribution is 6.38. The number of carboxylic acids is 1. The Bertz CT molecular complexity index is 682. The molecule has 1 fully saturated rings. The van der Waals surface area contributed by atoms with E-state index in [1.165, 1.54) is 11.3 Å². The molecule has 2 N–H and O–H groups in total. The van der Waals surface area contributed by atoms with E-state index in [1.807, 2.05) is 24.3 Å². The van der Waals surface area contributed by atoms with E-state index in [0.717, 1.165) is 36.9 Å². The first-order chi connectivity index (χ1) is 12.6. The molecule has 6 heteroatoms. The van der Waals surface area contributed by atoms with Gasteiger partial charge in [0, 0.05) is 25.3 Å². The smallest absolute Gasteiger partial charge is 0.305 e. The van der Waals surface area contributed by atoms with Crippen LogP contribution in [0, 0.1) is 5.92 Å². The molecule has 0 radical (unpaired) electrons. The minimum absolute atomic E-state index is 0.0954.